The molecule has 0 atom stereocenters. The van der Waals surface area contributed by atoms with Crippen molar-refractivity contribution in [2.24, 2.45) is 0 Å². The number of rotatable bonds is 4. The molecule has 1 aliphatic rings. The lowest BCUT2D eigenvalue weighted by atomic mass is 10.2. The molecule has 1 aromatic carbocycles. The average Bonchev–Trinajstić information content (AvgIpc) is 3.12. The number of nitrogens with one attached hydrogen (secondary N) is 1. The minimum Gasteiger partial charge on any atom is -0.467 e. The maximum Gasteiger partial charge on any atom is 0.322 e. The predicted octanol–water partition coefficient (Wildman–Crippen LogP) is 3.78. The van der Waals surface area contributed by atoms with Crippen LogP contribution in [-0.2, 0) is 6.54 Å². The van der Waals surface area contributed by atoms with Crippen molar-refractivity contribution >= 4 is 11.7 Å². The van der Waals surface area contributed by atoms with Gasteiger partial charge in [-0.3, -0.25) is 0 Å². The molecular weight excluding hydrogens is 252 g/mol. The average molecular weight is 270 g/mol. The summed E-state index contributed by atoms with van der Waals surface area (Å²) in [6.07, 6.45) is 3.78. The van der Waals surface area contributed by atoms with Crippen molar-refractivity contribution in [2.45, 2.75) is 32.4 Å². The number of hydrogen-bond donors (Lipinski definition) is 1. The first-order chi connectivity index (χ1) is 9.72. The highest BCUT2D eigenvalue weighted by Crippen LogP contribution is 2.29. The van der Waals surface area contributed by atoms with E-state index in [1.807, 2.05) is 48.2 Å². The number of anilines is 1. The van der Waals surface area contributed by atoms with Gasteiger partial charge in [0.05, 0.1) is 12.8 Å². The topological polar surface area (TPSA) is 45.5 Å². The zero-order valence-corrected chi connectivity index (χ0v) is 11.5. The van der Waals surface area contributed by atoms with Gasteiger partial charge in [0.15, 0.2) is 0 Å². The number of hydrogen-bond acceptors (Lipinski definition) is 2. The Morgan fingerprint density at radius 1 is 1.35 bits per heavy atom. The van der Waals surface area contributed by atoms with Gasteiger partial charge in [0.1, 0.15) is 5.76 Å². The Kier molecular flexibility index (Phi) is 3.46. The van der Waals surface area contributed by atoms with Crippen LogP contribution in [0.3, 0.4) is 0 Å². The summed E-state index contributed by atoms with van der Waals surface area (Å²) in [4.78, 5) is 14.3. The second-order valence-electron chi connectivity index (χ2n) is 5.24. The van der Waals surface area contributed by atoms with Gasteiger partial charge < -0.3 is 14.6 Å². The Morgan fingerprint density at radius 3 is 2.85 bits per heavy atom. The molecule has 4 nitrogen and oxygen atoms in total. The number of carbonyl (C=O) groups is 1. The van der Waals surface area contributed by atoms with E-state index in [0.29, 0.717) is 12.6 Å². The Labute approximate surface area is 118 Å². The normalized spacial score (nSPS) is 14.1. The third kappa shape index (κ3) is 3.02. The van der Waals surface area contributed by atoms with Gasteiger partial charge in [0.2, 0.25) is 0 Å². The first kappa shape index (κ1) is 12.8. The summed E-state index contributed by atoms with van der Waals surface area (Å²) in [7, 11) is 0. The molecule has 2 amide bonds. The molecule has 0 unspecified atom stereocenters. The molecule has 0 aliphatic heterocycles. The van der Waals surface area contributed by atoms with Gasteiger partial charge in [-0.25, -0.2) is 4.79 Å². The molecule has 4 heteroatoms. The van der Waals surface area contributed by atoms with Gasteiger partial charge in [-0.05, 0) is 49.6 Å². The highest BCUT2D eigenvalue weighted by Gasteiger charge is 2.33. The molecule has 0 radical (unpaired) electrons. The Bertz CT molecular complexity index is 588. The van der Waals surface area contributed by atoms with Crippen LogP contribution in [0.5, 0.6) is 0 Å². The molecule has 3 rings (SSSR count). The van der Waals surface area contributed by atoms with E-state index < -0.39 is 0 Å². The standard InChI is InChI=1S/C16H18N2O2/c1-12-4-2-5-13(10-12)17-16(19)18(14-7-8-14)11-15-6-3-9-20-15/h2-6,9-10,14H,7-8,11H2,1H3,(H,17,19). The van der Waals surface area contributed by atoms with E-state index in [-0.39, 0.29) is 6.03 Å². The number of nitrogens with zero attached hydrogens (tertiary/aromatic N) is 1. The second-order valence-corrected chi connectivity index (χ2v) is 5.24. The van der Waals surface area contributed by atoms with Crippen molar-refractivity contribution in [3.8, 4) is 0 Å². The third-order valence-corrected chi connectivity index (χ3v) is 3.42. The van der Waals surface area contributed by atoms with Crippen LogP contribution in [-0.4, -0.2) is 17.0 Å². The van der Waals surface area contributed by atoms with Gasteiger partial charge in [-0.15, -0.1) is 0 Å². The van der Waals surface area contributed by atoms with Gasteiger partial charge in [-0.2, -0.15) is 0 Å². The number of benzene rings is 1. The first-order valence-electron chi connectivity index (χ1n) is 6.89. The van der Waals surface area contributed by atoms with Crippen LogP contribution in [0.25, 0.3) is 0 Å². The van der Waals surface area contributed by atoms with Crippen molar-refractivity contribution in [3.63, 3.8) is 0 Å². The maximum atomic E-state index is 12.4. The second kappa shape index (κ2) is 5.41. The number of furan rings is 1. The minimum absolute atomic E-state index is 0.0606. The van der Waals surface area contributed by atoms with Crippen molar-refractivity contribution in [1.82, 2.24) is 4.90 Å². The van der Waals surface area contributed by atoms with Gasteiger partial charge in [0.25, 0.3) is 0 Å². The zero-order chi connectivity index (χ0) is 13.9. The smallest absolute Gasteiger partial charge is 0.322 e. The largest absolute Gasteiger partial charge is 0.467 e. The molecular formula is C16H18N2O2. The molecule has 1 N–H and O–H groups in total. The highest BCUT2D eigenvalue weighted by atomic mass is 16.3. The van der Waals surface area contributed by atoms with E-state index in [1.165, 1.54) is 0 Å². The Morgan fingerprint density at radius 2 is 2.20 bits per heavy atom. The fraction of sp³-hybridized carbons (Fsp3) is 0.312. The van der Waals surface area contributed by atoms with Crippen LogP contribution in [0, 0.1) is 6.92 Å². The lowest BCUT2D eigenvalue weighted by Gasteiger charge is -2.21. The first-order valence-corrected chi connectivity index (χ1v) is 6.89. The number of aryl methyl sites for hydroxylation is 1. The van der Waals surface area contributed by atoms with Crippen molar-refractivity contribution < 1.29 is 9.21 Å². The van der Waals surface area contributed by atoms with Crippen LogP contribution in [0.4, 0.5) is 10.5 Å². The number of carbonyl (C=O) groups excluding carboxylic acids is 1. The van der Waals surface area contributed by atoms with Crippen LogP contribution >= 0.6 is 0 Å². The van der Waals surface area contributed by atoms with Crippen LogP contribution in [0.1, 0.15) is 24.2 Å². The SMILES string of the molecule is Cc1cccc(NC(=O)N(Cc2ccco2)C2CC2)c1. The summed E-state index contributed by atoms with van der Waals surface area (Å²) in [5.41, 5.74) is 1.96. The fourth-order valence-electron chi connectivity index (χ4n) is 2.24. The molecule has 20 heavy (non-hydrogen) atoms. The lowest BCUT2D eigenvalue weighted by molar-refractivity contribution is 0.201. The van der Waals surface area contributed by atoms with Gasteiger partial charge >= 0.3 is 6.03 Å². The molecule has 0 bridgehead atoms. The Balaban J connectivity index is 1.69. The summed E-state index contributed by atoms with van der Waals surface area (Å²) in [6.45, 7) is 2.53. The maximum absolute atomic E-state index is 12.4. The molecule has 2 aromatic rings. The van der Waals surface area contributed by atoms with Crippen molar-refractivity contribution in [1.29, 1.82) is 0 Å². The summed E-state index contributed by atoms with van der Waals surface area (Å²) < 4.78 is 5.34. The van der Waals surface area contributed by atoms with Crippen molar-refractivity contribution in [3.05, 3.63) is 54.0 Å². The van der Waals surface area contributed by atoms with E-state index in [1.54, 1.807) is 6.26 Å². The van der Waals surface area contributed by atoms with E-state index in [4.69, 9.17) is 4.42 Å². The molecule has 1 heterocycles. The van der Waals surface area contributed by atoms with Crippen LogP contribution in [0.2, 0.25) is 0 Å². The summed E-state index contributed by atoms with van der Waals surface area (Å²) in [5, 5.41) is 2.96. The zero-order valence-electron chi connectivity index (χ0n) is 11.5. The number of urea groups is 1. The molecule has 0 spiro atoms. The Hall–Kier alpha value is -2.23. The summed E-state index contributed by atoms with van der Waals surface area (Å²) in [5.74, 6) is 0.816. The highest BCUT2D eigenvalue weighted by molar-refractivity contribution is 5.89. The van der Waals surface area contributed by atoms with Gasteiger partial charge in [0, 0.05) is 11.7 Å². The fourth-order valence-corrected chi connectivity index (χ4v) is 2.24. The molecule has 1 aliphatic carbocycles. The van der Waals surface area contributed by atoms with E-state index >= 15 is 0 Å². The molecule has 1 fully saturated rings. The molecule has 104 valence electrons. The quantitative estimate of drug-likeness (QED) is 0.918. The van der Waals surface area contributed by atoms with E-state index in [9.17, 15) is 4.79 Å². The minimum atomic E-state index is -0.0606. The number of amides is 2. The lowest BCUT2D eigenvalue weighted by Crippen LogP contribution is -2.36. The third-order valence-electron chi connectivity index (χ3n) is 3.42. The van der Waals surface area contributed by atoms with Crippen LogP contribution < -0.4 is 5.32 Å². The monoisotopic (exact) mass is 270 g/mol. The summed E-state index contributed by atoms with van der Waals surface area (Å²) in [6, 6.07) is 11.8. The van der Waals surface area contributed by atoms with E-state index in [2.05, 4.69) is 5.32 Å². The van der Waals surface area contributed by atoms with Gasteiger partial charge in [-0.1, -0.05) is 12.1 Å². The molecule has 1 saturated carbocycles. The van der Waals surface area contributed by atoms with Crippen molar-refractivity contribution in [2.75, 3.05) is 5.32 Å². The summed E-state index contributed by atoms with van der Waals surface area (Å²) >= 11 is 0. The molecule has 1 aromatic heterocycles. The van der Waals surface area contributed by atoms with Crippen LogP contribution in [0.15, 0.2) is 47.1 Å². The predicted molar refractivity (Wildman–Crippen MR) is 77.5 cm³/mol. The van der Waals surface area contributed by atoms with E-state index in [0.717, 1.165) is 29.9 Å². The molecule has 0 saturated heterocycles.